The molecule has 1 saturated heterocycles. The number of rotatable bonds is 5. The highest BCUT2D eigenvalue weighted by molar-refractivity contribution is 6.74. The normalized spacial score (nSPS) is 29.4. The van der Waals surface area contributed by atoms with E-state index >= 15 is 0 Å². The second-order valence-electron chi connectivity index (χ2n) is 8.48. The molecule has 1 aliphatic rings. The first-order valence-corrected chi connectivity index (χ1v) is 10.8. The smallest absolute Gasteiger partial charge is 0.191 e. The van der Waals surface area contributed by atoms with Crippen molar-refractivity contribution in [2.45, 2.75) is 96.6 Å². The van der Waals surface area contributed by atoms with Gasteiger partial charge in [-0.3, -0.25) is 0 Å². The number of hydrogen-bond donors (Lipinski definition) is 1. The molecular weight excluding hydrogens is 284 g/mol. The minimum atomic E-state index is -1.77. The molecule has 0 bridgehead atoms. The molecule has 0 aliphatic carbocycles. The van der Waals surface area contributed by atoms with Crippen LogP contribution in [0.1, 0.15) is 54.9 Å². The van der Waals surface area contributed by atoms with E-state index in [1.54, 1.807) is 0 Å². The van der Waals surface area contributed by atoms with E-state index in [4.69, 9.17) is 13.9 Å². The van der Waals surface area contributed by atoms with Crippen LogP contribution in [0, 0.1) is 0 Å². The minimum absolute atomic E-state index is 0.122. The zero-order chi connectivity index (χ0) is 16.7. The fourth-order valence-corrected chi connectivity index (χ4v) is 3.49. The lowest BCUT2D eigenvalue weighted by atomic mass is 9.92. The average Bonchev–Trinajstić information content (AvgIpc) is 2.50. The summed E-state index contributed by atoms with van der Waals surface area (Å²) in [4.78, 5) is 0. The topological polar surface area (TPSA) is 47.9 Å². The summed E-state index contributed by atoms with van der Waals surface area (Å²) < 4.78 is 17.8. The van der Waals surface area contributed by atoms with Crippen LogP contribution in [0.3, 0.4) is 0 Å². The maximum Gasteiger partial charge on any atom is 0.191 e. The molecular formula is C16H34O4Si. The fraction of sp³-hybridized carbons (Fsp3) is 1.00. The highest BCUT2D eigenvalue weighted by atomic mass is 28.4. The van der Waals surface area contributed by atoms with Crippen LogP contribution in [0.25, 0.3) is 0 Å². The molecule has 0 aromatic rings. The van der Waals surface area contributed by atoms with Crippen LogP contribution in [0.5, 0.6) is 0 Å². The van der Waals surface area contributed by atoms with Gasteiger partial charge in [0.2, 0.25) is 0 Å². The number of aliphatic hydroxyl groups is 1. The second-order valence-corrected chi connectivity index (χ2v) is 13.3. The summed E-state index contributed by atoms with van der Waals surface area (Å²) in [6, 6.07) is 0. The molecule has 1 fully saturated rings. The van der Waals surface area contributed by atoms with Crippen molar-refractivity contribution >= 4 is 8.32 Å². The minimum Gasteiger partial charge on any atom is -0.417 e. The third kappa shape index (κ3) is 4.76. The van der Waals surface area contributed by atoms with Crippen LogP contribution < -0.4 is 0 Å². The van der Waals surface area contributed by atoms with Crippen molar-refractivity contribution in [3.8, 4) is 0 Å². The lowest BCUT2D eigenvalue weighted by Crippen LogP contribution is -2.47. The number of ether oxygens (including phenoxy) is 2. The molecule has 0 spiro atoms. The Hall–Kier alpha value is 0.0569. The summed E-state index contributed by atoms with van der Waals surface area (Å²) in [5, 5.41) is 10.9. The predicted molar refractivity (Wildman–Crippen MR) is 87.9 cm³/mol. The third-order valence-corrected chi connectivity index (χ3v) is 9.34. The summed E-state index contributed by atoms with van der Waals surface area (Å²) in [5.74, 6) is -0.631. The molecule has 1 N–H and O–H groups in total. The summed E-state index contributed by atoms with van der Waals surface area (Å²) >= 11 is 0. The Labute approximate surface area is 131 Å². The molecule has 21 heavy (non-hydrogen) atoms. The van der Waals surface area contributed by atoms with Gasteiger partial charge in [-0.05, 0) is 45.8 Å². The standard InChI is InChI=1S/C16H34O4Si/c1-12-13(20-15(5,6)19-12)16(7,17)10-11-18-21(8,9)14(2,3)4/h12-13,17H,10-11H2,1-9H3/t12-,13+,16-/m0/s1. The second kappa shape index (κ2) is 5.93. The zero-order valence-electron chi connectivity index (χ0n) is 15.2. The first kappa shape index (κ1) is 19.1. The van der Waals surface area contributed by atoms with Crippen molar-refractivity contribution in [2.24, 2.45) is 0 Å². The van der Waals surface area contributed by atoms with Crippen LogP contribution in [0.15, 0.2) is 0 Å². The maximum absolute atomic E-state index is 10.7. The summed E-state index contributed by atoms with van der Waals surface area (Å²) in [6.45, 7) is 19.2. The fourth-order valence-electron chi connectivity index (χ4n) is 2.44. The van der Waals surface area contributed by atoms with Crippen LogP contribution in [0.2, 0.25) is 18.1 Å². The van der Waals surface area contributed by atoms with Gasteiger partial charge in [0.05, 0.1) is 11.7 Å². The Balaban J connectivity index is 2.58. The summed E-state index contributed by atoms with van der Waals surface area (Å²) in [5.41, 5.74) is -0.949. The van der Waals surface area contributed by atoms with Gasteiger partial charge in [0.15, 0.2) is 14.1 Å². The largest absolute Gasteiger partial charge is 0.417 e. The van der Waals surface area contributed by atoms with Crippen molar-refractivity contribution in [1.82, 2.24) is 0 Å². The quantitative estimate of drug-likeness (QED) is 0.785. The lowest BCUT2D eigenvalue weighted by molar-refractivity contribution is -0.169. The Kier molecular flexibility index (Phi) is 5.39. The van der Waals surface area contributed by atoms with Gasteiger partial charge >= 0.3 is 0 Å². The van der Waals surface area contributed by atoms with Gasteiger partial charge in [0.1, 0.15) is 6.10 Å². The van der Waals surface area contributed by atoms with Gasteiger partial charge in [-0.15, -0.1) is 0 Å². The molecule has 4 nitrogen and oxygen atoms in total. The number of hydrogen-bond acceptors (Lipinski definition) is 4. The van der Waals surface area contributed by atoms with Gasteiger partial charge < -0.3 is 19.0 Å². The molecule has 1 rings (SSSR count). The Morgan fingerprint density at radius 2 is 1.67 bits per heavy atom. The van der Waals surface area contributed by atoms with Gasteiger partial charge in [-0.1, -0.05) is 20.8 Å². The summed E-state index contributed by atoms with van der Waals surface area (Å²) in [7, 11) is -1.77. The van der Waals surface area contributed by atoms with Gasteiger partial charge in [0, 0.05) is 13.0 Å². The molecule has 0 radical (unpaired) electrons. The first-order chi connectivity index (χ1) is 9.18. The van der Waals surface area contributed by atoms with E-state index in [2.05, 4.69) is 33.9 Å². The molecule has 3 atom stereocenters. The lowest BCUT2D eigenvalue weighted by Gasteiger charge is -2.38. The van der Waals surface area contributed by atoms with E-state index in [1.165, 1.54) is 0 Å². The SMILES string of the molecule is C[C@@H]1OC(C)(C)O[C@H]1[C@@](C)(O)CCO[Si](C)(C)C(C)(C)C. The van der Waals surface area contributed by atoms with E-state index in [-0.39, 0.29) is 17.2 Å². The van der Waals surface area contributed by atoms with Crippen molar-refractivity contribution in [1.29, 1.82) is 0 Å². The Morgan fingerprint density at radius 3 is 2.05 bits per heavy atom. The third-order valence-electron chi connectivity index (χ3n) is 4.80. The molecule has 126 valence electrons. The maximum atomic E-state index is 10.7. The molecule has 0 amide bonds. The van der Waals surface area contributed by atoms with Crippen molar-refractivity contribution in [3.05, 3.63) is 0 Å². The van der Waals surface area contributed by atoms with E-state index in [0.717, 1.165) is 0 Å². The van der Waals surface area contributed by atoms with Crippen molar-refractivity contribution in [3.63, 3.8) is 0 Å². The molecule has 1 heterocycles. The molecule has 0 unspecified atom stereocenters. The highest BCUT2D eigenvalue weighted by Crippen LogP contribution is 2.38. The molecule has 0 saturated carbocycles. The van der Waals surface area contributed by atoms with Gasteiger partial charge in [-0.2, -0.15) is 0 Å². The Bertz CT molecular complexity index is 358. The predicted octanol–water partition coefficient (Wildman–Crippen LogP) is 3.69. The van der Waals surface area contributed by atoms with E-state index in [9.17, 15) is 5.11 Å². The monoisotopic (exact) mass is 318 g/mol. The van der Waals surface area contributed by atoms with E-state index in [0.29, 0.717) is 13.0 Å². The molecule has 0 aromatic heterocycles. The van der Waals surface area contributed by atoms with Crippen molar-refractivity contribution in [2.75, 3.05) is 6.61 Å². The first-order valence-electron chi connectivity index (χ1n) is 7.90. The van der Waals surface area contributed by atoms with Gasteiger partial charge in [0.25, 0.3) is 0 Å². The van der Waals surface area contributed by atoms with Crippen LogP contribution in [-0.2, 0) is 13.9 Å². The molecule has 1 aliphatic heterocycles. The van der Waals surface area contributed by atoms with Crippen LogP contribution in [0.4, 0.5) is 0 Å². The average molecular weight is 319 g/mol. The van der Waals surface area contributed by atoms with Crippen LogP contribution in [-0.4, -0.2) is 43.6 Å². The molecule has 0 aromatic carbocycles. The highest BCUT2D eigenvalue weighted by Gasteiger charge is 2.48. The zero-order valence-corrected chi connectivity index (χ0v) is 16.2. The van der Waals surface area contributed by atoms with E-state index in [1.807, 2.05) is 27.7 Å². The van der Waals surface area contributed by atoms with E-state index < -0.39 is 19.7 Å². The van der Waals surface area contributed by atoms with Crippen molar-refractivity contribution < 1.29 is 19.0 Å². The Morgan fingerprint density at radius 1 is 1.14 bits per heavy atom. The summed E-state index contributed by atoms with van der Waals surface area (Å²) in [6.07, 6.45) is 0.104. The molecule has 5 heteroatoms. The van der Waals surface area contributed by atoms with Crippen LogP contribution >= 0.6 is 0 Å². The van der Waals surface area contributed by atoms with Gasteiger partial charge in [-0.25, -0.2) is 0 Å².